The molecule has 1 amide bonds. The highest BCUT2D eigenvalue weighted by atomic mass is 35.5. The highest BCUT2D eigenvalue weighted by Crippen LogP contribution is 2.29. The molecule has 0 bridgehead atoms. The van der Waals surface area contributed by atoms with Crippen molar-refractivity contribution in [2.75, 3.05) is 24.3 Å². The van der Waals surface area contributed by atoms with E-state index in [1.54, 1.807) is 0 Å². The maximum atomic E-state index is 12.4. The van der Waals surface area contributed by atoms with Gasteiger partial charge in [0.1, 0.15) is 5.82 Å². The maximum absolute atomic E-state index is 12.4. The average Bonchev–Trinajstić information content (AvgIpc) is 2.76. The van der Waals surface area contributed by atoms with Gasteiger partial charge in [-0.3, -0.25) is 4.79 Å². The molecule has 2 aliphatic rings. The number of anilines is 2. The Bertz CT molecular complexity index is 907. The lowest BCUT2D eigenvalue weighted by molar-refractivity contribution is -0.121. The van der Waals surface area contributed by atoms with Gasteiger partial charge in [-0.2, -0.15) is 4.98 Å². The summed E-state index contributed by atoms with van der Waals surface area (Å²) in [6.07, 6.45) is 8.88. The standard InChI is InChI=1S/C24H32ClN5O/c1-30(2)23-20-5-3-4-6-21(20)28-24(29-23)27-19-13-11-18(12-14-19)26-22(31)15-16-7-9-17(25)10-8-16/h7-10,18-19H,3-6,11-15H2,1-2H3,(H,26,31)(H,27,28,29)/t18-,19+. The zero-order valence-corrected chi connectivity index (χ0v) is 19.2. The van der Waals surface area contributed by atoms with E-state index in [1.165, 1.54) is 24.1 Å². The van der Waals surface area contributed by atoms with Crippen LogP contribution in [0, 0.1) is 0 Å². The number of amides is 1. The molecular formula is C24H32ClN5O. The summed E-state index contributed by atoms with van der Waals surface area (Å²) in [4.78, 5) is 24.2. The van der Waals surface area contributed by atoms with Crippen molar-refractivity contribution in [3.63, 3.8) is 0 Å². The fraction of sp³-hybridized carbons (Fsp3) is 0.542. The second-order valence-electron chi connectivity index (χ2n) is 8.96. The van der Waals surface area contributed by atoms with Crippen LogP contribution in [0.4, 0.5) is 11.8 Å². The first kappa shape index (κ1) is 21.9. The zero-order chi connectivity index (χ0) is 21.8. The number of fused-ring (bicyclic) bond motifs is 1. The lowest BCUT2D eigenvalue weighted by atomic mass is 9.91. The predicted molar refractivity (Wildman–Crippen MR) is 126 cm³/mol. The molecule has 1 aromatic heterocycles. The predicted octanol–water partition coefficient (Wildman–Crippen LogP) is 4.16. The summed E-state index contributed by atoms with van der Waals surface area (Å²) in [5.74, 6) is 1.88. The third kappa shape index (κ3) is 5.67. The van der Waals surface area contributed by atoms with Gasteiger partial charge in [0.25, 0.3) is 0 Å². The topological polar surface area (TPSA) is 70.2 Å². The Kier molecular flexibility index (Phi) is 6.96. The molecular weight excluding hydrogens is 410 g/mol. The molecule has 7 heteroatoms. The van der Waals surface area contributed by atoms with Crippen LogP contribution in [0.2, 0.25) is 5.02 Å². The second kappa shape index (κ2) is 9.86. The number of carbonyl (C=O) groups excluding carboxylic acids is 1. The van der Waals surface area contributed by atoms with E-state index in [4.69, 9.17) is 21.6 Å². The average molecular weight is 442 g/mol. The number of hydrogen-bond donors (Lipinski definition) is 2. The molecule has 2 N–H and O–H groups in total. The Morgan fingerprint density at radius 3 is 2.42 bits per heavy atom. The van der Waals surface area contributed by atoms with Crippen LogP contribution in [0.5, 0.6) is 0 Å². The van der Waals surface area contributed by atoms with Gasteiger partial charge in [-0.15, -0.1) is 0 Å². The van der Waals surface area contributed by atoms with E-state index in [0.717, 1.165) is 55.9 Å². The molecule has 2 aromatic rings. The number of aromatic nitrogens is 2. The summed E-state index contributed by atoms with van der Waals surface area (Å²) in [5, 5.41) is 7.46. The smallest absolute Gasteiger partial charge is 0.225 e. The number of rotatable bonds is 6. The number of nitrogens with zero attached hydrogens (tertiary/aromatic N) is 3. The molecule has 166 valence electrons. The fourth-order valence-electron chi connectivity index (χ4n) is 4.64. The summed E-state index contributed by atoms with van der Waals surface area (Å²) in [7, 11) is 4.11. The zero-order valence-electron chi connectivity index (χ0n) is 18.5. The van der Waals surface area contributed by atoms with Gasteiger partial charge in [0.2, 0.25) is 11.9 Å². The summed E-state index contributed by atoms with van der Waals surface area (Å²) in [5.41, 5.74) is 3.50. The van der Waals surface area contributed by atoms with Crippen LogP contribution in [0.15, 0.2) is 24.3 Å². The third-order valence-corrected chi connectivity index (χ3v) is 6.54. The molecule has 0 aliphatic heterocycles. The number of aryl methyl sites for hydroxylation is 1. The van der Waals surface area contributed by atoms with Crippen molar-refractivity contribution in [3.05, 3.63) is 46.1 Å². The van der Waals surface area contributed by atoms with E-state index in [2.05, 4.69) is 29.6 Å². The molecule has 0 unspecified atom stereocenters. The quantitative estimate of drug-likeness (QED) is 0.704. The lowest BCUT2D eigenvalue weighted by Crippen LogP contribution is -2.41. The van der Waals surface area contributed by atoms with Crippen molar-refractivity contribution in [2.24, 2.45) is 0 Å². The van der Waals surface area contributed by atoms with Crippen LogP contribution >= 0.6 is 11.6 Å². The fourth-order valence-corrected chi connectivity index (χ4v) is 4.77. The molecule has 1 aromatic carbocycles. The van der Waals surface area contributed by atoms with Gasteiger partial charge in [-0.1, -0.05) is 23.7 Å². The molecule has 0 radical (unpaired) electrons. The van der Waals surface area contributed by atoms with Gasteiger partial charge in [0.05, 0.1) is 12.1 Å². The Labute approximate surface area is 189 Å². The van der Waals surface area contributed by atoms with Crippen LogP contribution in [-0.4, -0.2) is 42.1 Å². The van der Waals surface area contributed by atoms with Gasteiger partial charge in [-0.25, -0.2) is 4.98 Å². The van der Waals surface area contributed by atoms with Crippen molar-refractivity contribution in [1.82, 2.24) is 15.3 Å². The number of halogens is 1. The highest BCUT2D eigenvalue weighted by Gasteiger charge is 2.24. The minimum Gasteiger partial charge on any atom is -0.362 e. The van der Waals surface area contributed by atoms with E-state index in [1.807, 2.05) is 24.3 Å². The van der Waals surface area contributed by atoms with Gasteiger partial charge in [-0.05, 0) is 69.1 Å². The van der Waals surface area contributed by atoms with Gasteiger partial charge < -0.3 is 15.5 Å². The Hall–Kier alpha value is -2.34. The van der Waals surface area contributed by atoms with E-state index in [-0.39, 0.29) is 11.9 Å². The van der Waals surface area contributed by atoms with Crippen LogP contribution in [0.3, 0.4) is 0 Å². The third-order valence-electron chi connectivity index (χ3n) is 6.29. The van der Waals surface area contributed by atoms with Crippen molar-refractivity contribution in [2.45, 2.75) is 69.9 Å². The molecule has 6 nitrogen and oxygen atoms in total. The first-order chi connectivity index (χ1) is 15.0. The van der Waals surface area contributed by atoms with E-state index >= 15 is 0 Å². The van der Waals surface area contributed by atoms with Gasteiger partial charge in [0.15, 0.2) is 0 Å². The molecule has 1 saturated carbocycles. The number of carbonyl (C=O) groups is 1. The van der Waals surface area contributed by atoms with E-state index < -0.39 is 0 Å². The Morgan fingerprint density at radius 1 is 1.03 bits per heavy atom. The summed E-state index contributed by atoms with van der Waals surface area (Å²) in [6, 6.07) is 8.05. The van der Waals surface area contributed by atoms with E-state index in [9.17, 15) is 4.79 Å². The molecule has 0 spiro atoms. The van der Waals surface area contributed by atoms with E-state index in [0.29, 0.717) is 17.5 Å². The number of benzene rings is 1. The van der Waals surface area contributed by atoms with Crippen LogP contribution in [0.1, 0.15) is 55.3 Å². The molecule has 4 rings (SSSR count). The molecule has 1 heterocycles. The molecule has 1 fully saturated rings. The van der Waals surface area contributed by atoms with Crippen molar-refractivity contribution in [1.29, 1.82) is 0 Å². The summed E-state index contributed by atoms with van der Waals surface area (Å²) >= 11 is 5.92. The number of nitrogens with one attached hydrogen (secondary N) is 2. The first-order valence-corrected chi connectivity index (χ1v) is 11.7. The minimum absolute atomic E-state index is 0.0763. The minimum atomic E-state index is 0.0763. The SMILES string of the molecule is CN(C)c1nc(N[C@H]2CC[C@@H](NC(=O)Cc3ccc(Cl)cc3)CC2)nc2c1CCCC2. The summed E-state index contributed by atoms with van der Waals surface area (Å²) < 4.78 is 0. The Balaban J connectivity index is 1.29. The summed E-state index contributed by atoms with van der Waals surface area (Å²) in [6.45, 7) is 0. The lowest BCUT2D eigenvalue weighted by Gasteiger charge is -2.30. The second-order valence-corrected chi connectivity index (χ2v) is 9.40. The molecule has 2 aliphatic carbocycles. The Morgan fingerprint density at radius 2 is 1.71 bits per heavy atom. The number of hydrogen-bond acceptors (Lipinski definition) is 5. The van der Waals surface area contributed by atoms with Crippen LogP contribution in [0.25, 0.3) is 0 Å². The largest absolute Gasteiger partial charge is 0.362 e. The normalized spacial score (nSPS) is 20.6. The van der Waals surface area contributed by atoms with Crippen LogP contribution < -0.4 is 15.5 Å². The van der Waals surface area contributed by atoms with Gasteiger partial charge >= 0.3 is 0 Å². The van der Waals surface area contributed by atoms with Crippen molar-refractivity contribution in [3.8, 4) is 0 Å². The highest BCUT2D eigenvalue weighted by molar-refractivity contribution is 6.30. The van der Waals surface area contributed by atoms with Crippen LogP contribution in [-0.2, 0) is 24.1 Å². The molecule has 0 atom stereocenters. The van der Waals surface area contributed by atoms with Crippen molar-refractivity contribution < 1.29 is 4.79 Å². The maximum Gasteiger partial charge on any atom is 0.225 e. The monoisotopic (exact) mass is 441 g/mol. The first-order valence-electron chi connectivity index (χ1n) is 11.4. The molecule has 0 saturated heterocycles. The van der Waals surface area contributed by atoms with Crippen molar-refractivity contribution >= 4 is 29.3 Å². The molecule has 31 heavy (non-hydrogen) atoms. The van der Waals surface area contributed by atoms with Gasteiger partial charge in [0, 0.05) is 36.8 Å².